The molecule has 0 radical (unpaired) electrons. The first-order chi connectivity index (χ1) is 8.36. The third-order valence-electron chi connectivity index (χ3n) is 1.80. The molecule has 0 bridgehead atoms. The number of rotatable bonds is 2. The van der Waals surface area contributed by atoms with Crippen LogP contribution >= 0.6 is 22.9 Å². The Kier molecular flexibility index (Phi) is 3.31. The summed E-state index contributed by atoms with van der Waals surface area (Å²) in [4.78, 5) is 0. The molecule has 4 nitrogen and oxygen atoms in total. The predicted octanol–water partition coefficient (Wildman–Crippen LogP) is 3.58. The van der Waals surface area contributed by atoms with E-state index in [0.717, 1.165) is 0 Å². The van der Waals surface area contributed by atoms with Crippen LogP contribution in [0.15, 0.2) is 18.2 Å². The molecule has 2 rings (SSSR count). The number of ether oxygens (including phenoxy) is 1. The summed E-state index contributed by atoms with van der Waals surface area (Å²) in [5.74, 6) is 0.126. The number of nitrogen functional groups attached to an aromatic ring is 1. The molecule has 2 aromatic rings. The maximum atomic E-state index is 12.3. The van der Waals surface area contributed by atoms with Crippen molar-refractivity contribution in [3.05, 3.63) is 28.2 Å². The van der Waals surface area contributed by atoms with Crippen molar-refractivity contribution < 1.29 is 17.9 Å². The van der Waals surface area contributed by atoms with Gasteiger partial charge in [0.05, 0.1) is 5.02 Å². The SMILES string of the molecule is Nc1ccc(Cl)c(Oc2nnc(C(F)(F)F)s2)c1. The Bertz CT molecular complexity index is 572. The topological polar surface area (TPSA) is 61.0 Å². The van der Waals surface area contributed by atoms with Gasteiger partial charge in [0.25, 0.3) is 5.19 Å². The van der Waals surface area contributed by atoms with E-state index in [-0.39, 0.29) is 27.3 Å². The number of nitrogens with two attached hydrogens (primary N) is 1. The highest BCUT2D eigenvalue weighted by Gasteiger charge is 2.36. The van der Waals surface area contributed by atoms with Crippen LogP contribution in [-0.2, 0) is 6.18 Å². The van der Waals surface area contributed by atoms with E-state index < -0.39 is 11.2 Å². The second-order valence-corrected chi connectivity index (χ2v) is 4.51. The molecule has 0 aliphatic heterocycles. The fraction of sp³-hybridized carbons (Fsp3) is 0.111. The Labute approximate surface area is 108 Å². The minimum Gasteiger partial charge on any atom is -0.428 e. The van der Waals surface area contributed by atoms with Gasteiger partial charge in [-0.15, -0.1) is 5.10 Å². The Balaban J connectivity index is 2.24. The van der Waals surface area contributed by atoms with Crippen LogP contribution in [0, 0.1) is 0 Å². The van der Waals surface area contributed by atoms with Crippen LogP contribution in [0.4, 0.5) is 18.9 Å². The Morgan fingerprint density at radius 2 is 2.00 bits per heavy atom. The highest BCUT2D eigenvalue weighted by Crippen LogP contribution is 2.37. The Morgan fingerprint density at radius 3 is 2.61 bits per heavy atom. The Hall–Kier alpha value is -1.54. The second kappa shape index (κ2) is 4.62. The first-order valence-electron chi connectivity index (χ1n) is 4.50. The molecule has 0 aliphatic rings. The van der Waals surface area contributed by atoms with Crippen LogP contribution in [0.25, 0.3) is 0 Å². The predicted molar refractivity (Wildman–Crippen MR) is 60.8 cm³/mol. The number of anilines is 1. The number of alkyl halides is 3. The first kappa shape index (κ1) is 12.9. The lowest BCUT2D eigenvalue weighted by molar-refractivity contribution is -0.138. The van der Waals surface area contributed by atoms with Crippen LogP contribution < -0.4 is 10.5 Å². The summed E-state index contributed by atoms with van der Waals surface area (Å²) in [6.07, 6.45) is -4.54. The average Bonchev–Trinajstić information content (AvgIpc) is 2.71. The van der Waals surface area contributed by atoms with E-state index in [1.807, 2.05) is 0 Å². The van der Waals surface area contributed by atoms with E-state index in [0.29, 0.717) is 5.69 Å². The molecule has 0 saturated carbocycles. The molecule has 2 N–H and O–H groups in total. The minimum absolute atomic E-state index is 0.126. The third-order valence-corrected chi connectivity index (χ3v) is 2.96. The van der Waals surface area contributed by atoms with Crippen molar-refractivity contribution in [2.45, 2.75) is 6.18 Å². The lowest BCUT2D eigenvalue weighted by Gasteiger charge is -2.04. The number of aromatic nitrogens is 2. The van der Waals surface area contributed by atoms with Gasteiger partial charge in [-0.1, -0.05) is 28.0 Å². The van der Waals surface area contributed by atoms with Gasteiger partial charge in [-0.25, -0.2) is 0 Å². The summed E-state index contributed by atoms with van der Waals surface area (Å²) in [6.45, 7) is 0. The van der Waals surface area contributed by atoms with Crippen molar-refractivity contribution in [1.29, 1.82) is 0 Å². The number of hydrogen-bond donors (Lipinski definition) is 1. The quantitative estimate of drug-likeness (QED) is 0.860. The van der Waals surface area contributed by atoms with Crippen molar-refractivity contribution in [3.8, 4) is 10.9 Å². The van der Waals surface area contributed by atoms with Gasteiger partial charge < -0.3 is 10.5 Å². The van der Waals surface area contributed by atoms with Crippen LogP contribution in [0.3, 0.4) is 0 Å². The van der Waals surface area contributed by atoms with Gasteiger partial charge in [-0.05, 0) is 12.1 Å². The van der Waals surface area contributed by atoms with Crippen molar-refractivity contribution in [2.75, 3.05) is 5.73 Å². The van der Waals surface area contributed by atoms with Crippen LogP contribution in [0.1, 0.15) is 5.01 Å². The van der Waals surface area contributed by atoms with Crippen LogP contribution in [0.5, 0.6) is 10.9 Å². The second-order valence-electron chi connectivity index (χ2n) is 3.16. The molecule has 1 aromatic heterocycles. The monoisotopic (exact) mass is 295 g/mol. The summed E-state index contributed by atoms with van der Waals surface area (Å²) in [6, 6.07) is 4.39. The minimum atomic E-state index is -4.54. The summed E-state index contributed by atoms with van der Waals surface area (Å²) in [7, 11) is 0. The van der Waals surface area contributed by atoms with Crippen LogP contribution in [0.2, 0.25) is 5.02 Å². The van der Waals surface area contributed by atoms with Gasteiger partial charge in [0.15, 0.2) is 5.75 Å². The largest absolute Gasteiger partial charge is 0.445 e. The van der Waals surface area contributed by atoms with Crippen molar-refractivity contribution in [2.24, 2.45) is 0 Å². The maximum Gasteiger partial charge on any atom is 0.445 e. The maximum absolute atomic E-state index is 12.3. The van der Waals surface area contributed by atoms with Crippen LogP contribution in [-0.4, -0.2) is 10.2 Å². The lowest BCUT2D eigenvalue weighted by Crippen LogP contribution is -2.03. The fourth-order valence-corrected chi connectivity index (χ4v) is 1.79. The molecule has 18 heavy (non-hydrogen) atoms. The van der Waals surface area contributed by atoms with Crippen molar-refractivity contribution in [1.82, 2.24) is 10.2 Å². The normalized spacial score (nSPS) is 11.6. The Morgan fingerprint density at radius 1 is 1.28 bits per heavy atom. The van der Waals surface area contributed by atoms with Gasteiger partial charge in [0.2, 0.25) is 5.01 Å². The molecule has 0 spiro atoms. The fourth-order valence-electron chi connectivity index (χ4n) is 1.06. The summed E-state index contributed by atoms with van der Waals surface area (Å²) in [5.41, 5.74) is 5.87. The van der Waals surface area contributed by atoms with Gasteiger partial charge in [0.1, 0.15) is 0 Å². The lowest BCUT2D eigenvalue weighted by atomic mass is 10.3. The summed E-state index contributed by atoms with van der Waals surface area (Å²) >= 11 is 6.08. The van der Waals surface area contributed by atoms with E-state index in [2.05, 4.69) is 10.2 Å². The number of hydrogen-bond acceptors (Lipinski definition) is 5. The number of benzene rings is 1. The van der Waals surface area contributed by atoms with Crippen molar-refractivity contribution in [3.63, 3.8) is 0 Å². The van der Waals surface area contributed by atoms with E-state index in [9.17, 15) is 13.2 Å². The third kappa shape index (κ3) is 2.82. The summed E-state index contributed by atoms with van der Waals surface area (Å²) < 4.78 is 42.0. The number of halogens is 4. The average molecular weight is 296 g/mol. The molecule has 96 valence electrons. The van der Waals surface area contributed by atoms with Gasteiger partial charge in [0, 0.05) is 11.8 Å². The van der Waals surface area contributed by atoms with E-state index in [4.69, 9.17) is 22.1 Å². The number of nitrogens with zero attached hydrogens (tertiary/aromatic N) is 2. The molecule has 0 fully saturated rings. The molecule has 0 atom stereocenters. The molecule has 0 aliphatic carbocycles. The molecule has 0 unspecified atom stereocenters. The van der Waals surface area contributed by atoms with Gasteiger partial charge >= 0.3 is 6.18 Å². The zero-order valence-electron chi connectivity index (χ0n) is 8.53. The smallest absolute Gasteiger partial charge is 0.428 e. The molecular weight excluding hydrogens is 291 g/mol. The standard InChI is InChI=1S/C9H5ClF3N3OS/c10-5-2-1-4(14)3-6(5)17-8-16-15-7(18-8)9(11,12)13/h1-3H,14H2. The molecule has 9 heteroatoms. The summed E-state index contributed by atoms with van der Waals surface area (Å²) in [5, 5.41) is 5.13. The van der Waals surface area contributed by atoms with Gasteiger partial charge in [-0.2, -0.15) is 13.2 Å². The van der Waals surface area contributed by atoms with Crippen molar-refractivity contribution >= 4 is 28.6 Å². The molecule has 0 amide bonds. The highest BCUT2D eigenvalue weighted by atomic mass is 35.5. The zero-order chi connectivity index (χ0) is 13.3. The highest BCUT2D eigenvalue weighted by molar-refractivity contribution is 7.13. The first-order valence-corrected chi connectivity index (χ1v) is 5.69. The molecular formula is C9H5ClF3N3OS. The zero-order valence-corrected chi connectivity index (χ0v) is 10.1. The van der Waals surface area contributed by atoms with Gasteiger partial charge in [-0.3, -0.25) is 0 Å². The molecule has 1 aromatic carbocycles. The van der Waals surface area contributed by atoms with E-state index >= 15 is 0 Å². The molecule has 0 saturated heterocycles. The molecule has 1 heterocycles. The van der Waals surface area contributed by atoms with E-state index in [1.54, 1.807) is 0 Å². The van der Waals surface area contributed by atoms with E-state index in [1.165, 1.54) is 18.2 Å².